The second kappa shape index (κ2) is 9.78. The second-order valence-corrected chi connectivity index (χ2v) is 7.32. The summed E-state index contributed by atoms with van der Waals surface area (Å²) in [5.74, 6) is -1.16. The smallest absolute Gasteiger partial charge is 0.338 e. The van der Waals surface area contributed by atoms with Crippen LogP contribution in [-0.2, 0) is 4.74 Å². The molecule has 9 nitrogen and oxygen atoms in total. The summed E-state index contributed by atoms with van der Waals surface area (Å²) in [6, 6.07) is 13.6. The molecule has 3 rings (SSSR count). The summed E-state index contributed by atoms with van der Waals surface area (Å²) < 4.78 is 11.4. The Bertz CT molecular complexity index is 1190. The zero-order chi connectivity index (χ0) is 23.3. The standard InChI is InChI=1S/C23H23N3O6/c1-14(2)13-32-23(30)15-8-10-16(11-9-15)24-22(29)21-18(27)12-20(28)26(25-21)17-6-4-5-7-19(17)31-3/h4-12,14,27H,13H2,1-3H3,(H,24,29). The first-order chi connectivity index (χ1) is 15.3. The molecule has 0 aliphatic carbocycles. The van der Waals surface area contributed by atoms with Crippen LogP contribution in [0.25, 0.3) is 5.69 Å². The van der Waals surface area contributed by atoms with Gasteiger partial charge in [-0.15, -0.1) is 0 Å². The molecule has 0 spiro atoms. The molecule has 0 fully saturated rings. The number of benzene rings is 2. The highest BCUT2D eigenvalue weighted by molar-refractivity contribution is 6.04. The number of nitrogens with zero attached hydrogens (tertiary/aromatic N) is 2. The lowest BCUT2D eigenvalue weighted by Crippen LogP contribution is -2.25. The minimum atomic E-state index is -0.735. The number of nitrogens with one attached hydrogen (secondary N) is 1. The lowest BCUT2D eigenvalue weighted by Gasteiger charge is -2.12. The van der Waals surface area contributed by atoms with Gasteiger partial charge in [-0.3, -0.25) is 9.59 Å². The maximum absolute atomic E-state index is 12.7. The molecule has 0 bridgehead atoms. The normalized spacial score (nSPS) is 10.6. The summed E-state index contributed by atoms with van der Waals surface area (Å²) in [5.41, 5.74) is 0.0445. The van der Waals surface area contributed by atoms with Gasteiger partial charge in [0.25, 0.3) is 11.5 Å². The molecule has 9 heteroatoms. The van der Waals surface area contributed by atoms with Gasteiger partial charge in [0.2, 0.25) is 0 Å². The van der Waals surface area contributed by atoms with E-state index in [9.17, 15) is 19.5 Å². The molecule has 2 N–H and O–H groups in total. The number of methoxy groups -OCH3 is 1. The Hall–Kier alpha value is -4.14. The average Bonchev–Trinajstić information content (AvgIpc) is 2.78. The number of hydrogen-bond acceptors (Lipinski definition) is 7. The Balaban J connectivity index is 1.82. The highest BCUT2D eigenvalue weighted by atomic mass is 16.5. The van der Waals surface area contributed by atoms with Crippen molar-refractivity contribution in [2.75, 3.05) is 19.0 Å². The number of para-hydroxylation sites is 2. The van der Waals surface area contributed by atoms with Crippen molar-refractivity contribution in [1.82, 2.24) is 9.78 Å². The Morgan fingerprint density at radius 2 is 1.81 bits per heavy atom. The van der Waals surface area contributed by atoms with Crippen molar-refractivity contribution in [3.05, 3.63) is 76.2 Å². The summed E-state index contributed by atoms with van der Waals surface area (Å²) in [5, 5.41) is 16.7. The van der Waals surface area contributed by atoms with Gasteiger partial charge in [0.05, 0.1) is 19.3 Å². The molecule has 1 aromatic heterocycles. The van der Waals surface area contributed by atoms with E-state index in [0.29, 0.717) is 29.3 Å². The van der Waals surface area contributed by atoms with Crippen molar-refractivity contribution in [3.63, 3.8) is 0 Å². The van der Waals surface area contributed by atoms with E-state index in [2.05, 4.69) is 10.4 Å². The molecule has 0 saturated carbocycles. The summed E-state index contributed by atoms with van der Waals surface area (Å²) in [7, 11) is 1.44. The lowest BCUT2D eigenvalue weighted by atomic mass is 10.2. The van der Waals surface area contributed by atoms with Gasteiger partial charge in [0.1, 0.15) is 11.4 Å². The molecular formula is C23H23N3O6. The molecule has 32 heavy (non-hydrogen) atoms. The van der Waals surface area contributed by atoms with Gasteiger partial charge >= 0.3 is 5.97 Å². The van der Waals surface area contributed by atoms with Crippen LogP contribution in [0.5, 0.6) is 11.5 Å². The number of ether oxygens (including phenoxy) is 2. The van der Waals surface area contributed by atoms with Crippen molar-refractivity contribution in [2.45, 2.75) is 13.8 Å². The van der Waals surface area contributed by atoms with Crippen LogP contribution in [0.1, 0.15) is 34.7 Å². The number of esters is 1. The van der Waals surface area contributed by atoms with E-state index in [1.807, 2.05) is 13.8 Å². The van der Waals surface area contributed by atoms with Crippen molar-refractivity contribution in [1.29, 1.82) is 0 Å². The van der Waals surface area contributed by atoms with E-state index in [1.54, 1.807) is 24.3 Å². The van der Waals surface area contributed by atoms with E-state index >= 15 is 0 Å². The van der Waals surface area contributed by atoms with Crippen LogP contribution < -0.4 is 15.6 Å². The van der Waals surface area contributed by atoms with E-state index in [4.69, 9.17) is 9.47 Å². The fourth-order valence-electron chi connectivity index (χ4n) is 2.79. The van der Waals surface area contributed by atoms with Gasteiger partial charge in [0, 0.05) is 11.8 Å². The molecule has 2 aromatic carbocycles. The molecular weight excluding hydrogens is 414 g/mol. The van der Waals surface area contributed by atoms with Crippen LogP contribution in [0.3, 0.4) is 0 Å². The monoisotopic (exact) mass is 437 g/mol. The average molecular weight is 437 g/mol. The Labute approximate surface area is 184 Å². The molecule has 0 saturated heterocycles. The Kier molecular flexibility index (Phi) is 6.89. The molecule has 0 aliphatic heterocycles. The number of amides is 1. The minimum Gasteiger partial charge on any atom is -0.505 e. The lowest BCUT2D eigenvalue weighted by molar-refractivity contribution is 0.0459. The third kappa shape index (κ3) is 5.12. The van der Waals surface area contributed by atoms with Gasteiger partial charge < -0.3 is 19.9 Å². The quantitative estimate of drug-likeness (QED) is 0.545. The van der Waals surface area contributed by atoms with Crippen molar-refractivity contribution >= 4 is 17.6 Å². The van der Waals surface area contributed by atoms with Gasteiger partial charge in [-0.25, -0.2) is 4.79 Å². The van der Waals surface area contributed by atoms with Crippen LogP contribution >= 0.6 is 0 Å². The first-order valence-electron chi connectivity index (χ1n) is 9.85. The maximum Gasteiger partial charge on any atom is 0.338 e. The first-order valence-corrected chi connectivity index (χ1v) is 9.85. The molecule has 0 aliphatic rings. The number of carbonyl (C=O) groups excluding carboxylic acids is 2. The zero-order valence-electron chi connectivity index (χ0n) is 17.9. The second-order valence-electron chi connectivity index (χ2n) is 7.32. The molecule has 0 unspecified atom stereocenters. The third-order valence-corrected chi connectivity index (χ3v) is 4.37. The van der Waals surface area contributed by atoms with Crippen LogP contribution in [0.2, 0.25) is 0 Å². The van der Waals surface area contributed by atoms with E-state index in [0.717, 1.165) is 10.7 Å². The molecule has 3 aromatic rings. The summed E-state index contributed by atoms with van der Waals surface area (Å²) in [4.78, 5) is 37.1. The third-order valence-electron chi connectivity index (χ3n) is 4.37. The van der Waals surface area contributed by atoms with Gasteiger partial charge in [0.15, 0.2) is 11.4 Å². The minimum absolute atomic E-state index is 0.219. The predicted molar refractivity (Wildman–Crippen MR) is 118 cm³/mol. The zero-order valence-corrected chi connectivity index (χ0v) is 17.9. The topological polar surface area (TPSA) is 120 Å². The number of anilines is 1. The Morgan fingerprint density at radius 3 is 2.47 bits per heavy atom. The van der Waals surface area contributed by atoms with Gasteiger partial charge in [-0.2, -0.15) is 9.78 Å². The van der Waals surface area contributed by atoms with E-state index < -0.39 is 23.2 Å². The van der Waals surface area contributed by atoms with Gasteiger partial charge in [-0.1, -0.05) is 26.0 Å². The SMILES string of the molecule is COc1ccccc1-n1nc(C(=O)Nc2ccc(C(=O)OCC(C)C)cc2)c(O)cc1=O. The van der Waals surface area contributed by atoms with Crippen molar-refractivity contribution in [3.8, 4) is 17.2 Å². The molecule has 0 radical (unpaired) electrons. The number of aromatic hydroxyl groups is 1. The van der Waals surface area contributed by atoms with E-state index in [-0.39, 0.29) is 11.6 Å². The number of rotatable bonds is 7. The largest absolute Gasteiger partial charge is 0.505 e. The number of carbonyl (C=O) groups is 2. The molecule has 1 amide bonds. The highest BCUT2D eigenvalue weighted by Gasteiger charge is 2.19. The predicted octanol–water partition coefficient (Wildman–Crippen LogP) is 3.01. The summed E-state index contributed by atoms with van der Waals surface area (Å²) in [6.45, 7) is 4.18. The first kappa shape index (κ1) is 22.5. The summed E-state index contributed by atoms with van der Waals surface area (Å²) >= 11 is 0. The van der Waals surface area contributed by atoms with Crippen LogP contribution in [0.15, 0.2) is 59.4 Å². The molecule has 166 valence electrons. The number of aromatic nitrogens is 2. The fourth-order valence-corrected chi connectivity index (χ4v) is 2.79. The van der Waals surface area contributed by atoms with Gasteiger partial charge in [-0.05, 0) is 42.3 Å². The molecule has 0 atom stereocenters. The maximum atomic E-state index is 12.7. The van der Waals surface area contributed by atoms with Crippen molar-refractivity contribution in [2.24, 2.45) is 5.92 Å². The number of hydrogen-bond donors (Lipinski definition) is 2. The fraction of sp³-hybridized carbons (Fsp3) is 0.217. The van der Waals surface area contributed by atoms with E-state index in [1.165, 1.54) is 31.4 Å². The van der Waals surface area contributed by atoms with Crippen molar-refractivity contribution < 1.29 is 24.2 Å². The van der Waals surface area contributed by atoms with Crippen LogP contribution in [0, 0.1) is 5.92 Å². The van der Waals surface area contributed by atoms with Crippen LogP contribution in [-0.4, -0.2) is 40.5 Å². The Morgan fingerprint density at radius 1 is 1.12 bits per heavy atom. The highest BCUT2D eigenvalue weighted by Crippen LogP contribution is 2.22. The molecule has 1 heterocycles. The summed E-state index contributed by atoms with van der Waals surface area (Å²) in [6.07, 6.45) is 0. The van der Waals surface area contributed by atoms with Crippen LogP contribution in [0.4, 0.5) is 5.69 Å².